The van der Waals surface area contributed by atoms with Crippen LogP contribution in [0.4, 0.5) is 0 Å². The lowest BCUT2D eigenvalue weighted by molar-refractivity contribution is 0.263. The first-order valence-corrected chi connectivity index (χ1v) is 7.71. The van der Waals surface area contributed by atoms with Gasteiger partial charge in [-0.2, -0.15) is 0 Å². The predicted molar refractivity (Wildman–Crippen MR) is 80.0 cm³/mol. The minimum absolute atomic E-state index is 0.426. The minimum atomic E-state index is 0.426. The lowest BCUT2D eigenvalue weighted by Crippen LogP contribution is -2.27. The van der Waals surface area contributed by atoms with Crippen LogP contribution in [0.2, 0.25) is 0 Å². The summed E-state index contributed by atoms with van der Waals surface area (Å²) in [5.41, 5.74) is 1.35. The molecule has 19 heavy (non-hydrogen) atoms. The average molecular weight is 273 g/mol. The Bertz CT molecular complexity index is 523. The number of thiophene rings is 1. The molecular formula is C16H19NOS. The third-order valence-electron chi connectivity index (χ3n) is 3.72. The van der Waals surface area contributed by atoms with E-state index in [-0.39, 0.29) is 0 Å². The Hall–Kier alpha value is -1.32. The molecule has 0 spiro atoms. The van der Waals surface area contributed by atoms with Crippen LogP contribution in [0.1, 0.15) is 35.7 Å². The van der Waals surface area contributed by atoms with E-state index in [1.165, 1.54) is 10.4 Å². The normalized spacial score (nSPS) is 19.5. The second-order valence-electron chi connectivity index (χ2n) is 5.02. The maximum Gasteiger partial charge on any atom is 0.122 e. The summed E-state index contributed by atoms with van der Waals surface area (Å²) in [6.45, 7) is 4.08. The first-order chi connectivity index (χ1) is 9.34. The highest BCUT2D eigenvalue weighted by atomic mass is 32.1. The third kappa shape index (κ3) is 2.82. The van der Waals surface area contributed by atoms with Crippen molar-refractivity contribution in [1.29, 1.82) is 0 Å². The summed E-state index contributed by atoms with van der Waals surface area (Å²) in [6, 6.07) is 13.1. The highest BCUT2D eigenvalue weighted by Crippen LogP contribution is 2.33. The van der Waals surface area contributed by atoms with Crippen molar-refractivity contribution < 1.29 is 4.74 Å². The fraction of sp³-hybridized carbons (Fsp3) is 0.375. The van der Waals surface area contributed by atoms with Crippen LogP contribution in [0.15, 0.2) is 41.8 Å². The molecule has 2 heterocycles. The van der Waals surface area contributed by atoms with Crippen molar-refractivity contribution in [2.24, 2.45) is 0 Å². The summed E-state index contributed by atoms with van der Waals surface area (Å²) >= 11 is 1.82. The number of para-hydroxylation sites is 1. The van der Waals surface area contributed by atoms with Gasteiger partial charge >= 0.3 is 0 Å². The smallest absolute Gasteiger partial charge is 0.122 e. The summed E-state index contributed by atoms with van der Waals surface area (Å²) < 4.78 is 5.71. The molecule has 2 unspecified atom stereocenters. The highest BCUT2D eigenvalue weighted by Gasteiger charge is 2.21. The molecule has 1 aliphatic rings. The van der Waals surface area contributed by atoms with Crippen molar-refractivity contribution in [3.05, 3.63) is 52.2 Å². The molecular weight excluding hydrogens is 254 g/mol. The monoisotopic (exact) mass is 273 g/mol. The second-order valence-corrected chi connectivity index (χ2v) is 6.00. The van der Waals surface area contributed by atoms with Crippen molar-refractivity contribution in [3.63, 3.8) is 0 Å². The molecule has 3 rings (SSSR count). The van der Waals surface area contributed by atoms with Crippen LogP contribution in [-0.4, -0.2) is 13.2 Å². The van der Waals surface area contributed by atoms with Crippen molar-refractivity contribution >= 4 is 11.3 Å². The van der Waals surface area contributed by atoms with Gasteiger partial charge in [-0.05, 0) is 36.4 Å². The number of benzene rings is 1. The standard InChI is InChI=1S/C16H19NOS/c1-12(16-7-4-10-19-16)17-11-13-8-9-18-15-6-3-2-5-14(13)15/h2-7,10,12-13,17H,8-9,11H2,1H3. The van der Waals surface area contributed by atoms with Gasteiger partial charge in [0.25, 0.3) is 0 Å². The zero-order valence-electron chi connectivity index (χ0n) is 11.1. The molecule has 0 saturated heterocycles. The molecule has 0 bridgehead atoms. The number of hydrogen-bond acceptors (Lipinski definition) is 3. The Morgan fingerprint density at radius 3 is 3.05 bits per heavy atom. The van der Waals surface area contributed by atoms with Crippen LogP contribution in [0.5, 0.6) is 5.75 Å². The molecule has 0 saturated carbocycles. The average Bonchev–Trinajstić information content (AvgIpc) is 2.99. The van der Waals surface area contributed by atoms with Gasteiger partial charge in [-0.25, -0.2) is 0 Å². The molecule has 2 nitrogen and oxygen atoms in total. The van der Waals surface area contributed by atoms with Gasteiger partial charge in [0.15, 0.2) is 0 Å². The molecule has 1 aromatic heterocycles. The summed E-state index contributed by atoms with van der Waals surface area (Å²) in [7, 11) is 0. The fourth-order valence-corrected chi connectivity index (χ4v) is 3.34. The van der Waals surface area contributed by atoms with Crippen LogP contribution in [0.25, 0.3) is 0 Å². The minimum Gasteiger partial charge on any atom is -0.493 e. The van der Waals surface area contributed by atoms with Crippen molar-refractivity contribution in [1.82, 2.24) is 5.32 Å². The number of rotatable bonds is 4. The molecule has 2 aromatic rings. The second kappa shape index (κ2) is 5.76. The molecule has 0 aliphatic carbocycles. The van der Waals surface area contributed by atoms with Crippen LogP contribution < -0.4 is 10.1 Å². The molecule has 2 atom stereocenters. The molecule has 100 valence electrons. The van der Waals surface area contributed by atoms with Crippen LogP contribution >= 0.6 is 11.3 Å². The summed E-state index contributed by atoms with van der Waals surface area (Å²) in [4.78, 5) is 1.40. The molecule has 1 aliphatic heterocycles. The molecule has 0 fully saturated rings. The SMILES string of the molecule is CC(NCC1CCOc2ccccc21)c1cccs1. The Labute approximate surface area is 118 Å². The maximum atomic E-state index is 5.71. The Balaban J connectivity index is 1.65. The van der Waals surface area contributed by atoms with E-state index in [0.29, 0.717) is 12.0 Å². The van der Waals surface area contributed by atoms with Gasteiger partial charge in [0, 0.05) is 23.4 Å². The van der Waals surface area contributed by atoms with Gasteiger partial charge in [-0.1, -0.05) is 24.3 Å². The van der Waals surface area contributed by atoms with E-state index in [2.05, 4.69) is 48.0 Å². The Kier molecular flexibility index (Phi) is 3.85. The van der Waals surface area contributed by atoms with E-state index < -0.39 is 0 Å². The summed E-state index contributed by atoms with van der Waals surface area (Å²) in [6.07, 6.45) is 1.10. The Morgan fingerprint density at radius 1 is 1.32 bits per heavy atom. The molecule has 3 heteroatoms. The molecule has 1 aromatic carbocycles. The van der Waals surface area contributed by atoms with Gasteiger partial charge in [0.05, 0.1) is 6.61 Å². The van der Waals surface area contributed by atoms with Gasteiger partial charge < -0.3 is 10.1 Å². The lowest BCUT2D eigenvalue weighted by Gasteiger charge is -2.27. The van der Waals surface area contributed by atoms with Crippen molar-refractivity contribution in [2.45, 2.75) is 25.3 Å². The Morgan fingerprint density at radius 2 is 2.21 bits per heavy atom. The van der Waals surface area contributed by atoms with Crippen molar-refractivity contribution in [2.75, 3.05) is 13.2 Å². The van der Waals surface area contributed by atoms with E-state index in [1.54, 1.807) is 0 Å². The fourth-order valence-electron chi connectivity index (χ4n) is 2.59. The first-order valence-electron chi connectivity index (χ1n) is 6.83. The number of fused-ring (bicyclic) bond motifs is 1. The van der Waals surface area contributed by atoms with Crippen LogP contribution in [0, 0.1) is 0 Å². The van der Waals surface area contributed by atoms with E-state index >= 15 is 0 Å². The predicted octanol–water partition coefficient (Wildman–Crippen LogP) is 3.97. The summed E-state index contributed by atoms with van der Waals surface area (Å²) in [5, 5.41) is 5.79. The van der Waals surface area contributed by atoms with E-state index in [1.807, 2.05) is 17.4 Å². The topological polar surface area (TPSA) is 21.3 Å². The molecule has 0 radical (unpaired) electrons. The maximum absolute atomic E-state index is 5.71. The van der Waals surface area contributed by atoms with Crippen LogP contribution in [0.3, 0.4) is 0 Å². The zero-order valence-corrected chi connectivity index (χ0v) is 12.0. The number of hydrogen-bond donors (Lipinski definition) is 1. The van der Waals surface area contributed by atoms with Gasteiger partial charge in [0.1, 0.15) is 5.75 Å². The zero-order chi connectivity index (χ0) is 13.1. The summed E-state index contributed by atoms with van der Waals surface area (Å²) in [5.74, 6) is 1.62. The molecule has 0 amide bonds. The lowest BCUT2D eigenvalue weighted by atomic mass is 9.93. The van der Waals surface area contributed by atoms with E-state index in [9.17, 15) is 0 Å². The number of nitrogens with one attached hydrogen (secondary N) is 1. The van der Waals surface area contributed by atoms with Gasteiger partial charge in [-0.3, -0.25) is 0 Å². The number of ether oxygens (including phenoxy) is 1. The van der Waals surface area contributed by atoms with Crippen LogP contribution in [-0.2, 0) is 0 Å². The van der Waals surface area contributed by atoms with Gasteiger partial charge in [0.2, 0.25) is 0 Å². The van der Waals surface area contributed by atoms with Crippen molar-refractivity contribution in [3.8, 4) is 5.75 Å². The first kappa shape index (κ1) is 12.7. The third-order valence-corrected chi connectivity index (χ3v) is 4.78. The highest BCUT2D eigenvalue weighted by molar-refractivity contribution is 7.10. The quantitative estimate of drug-likeness (QED) is 0.910. The van der Waals surface area contributed by atoms with Gasteiger partial charge in [-0.15, -0.1) is 11.3 Å². The van der Waals surface area contributed by atoms with E-state index in [4.69, 9.17) is 4.74 Å². The molecule has 1 N–H and O–H groups in total. The van der Waals surface area contributed by atoms with E-state index in [0.717, 1.165) is 25.3 Å². The largest absolute Gasteiger partial charge is 0.493 e.